The van der Waals surface area contributed by atoms with Gasteiger partial charge in [-0.05, 0) is 40.0 Å². The summed E-state index contributed by atoms with van der Waals surface area (Å²) in [5, 5.41) is 4.00. The number of nitrogens with one attached hydrogen (secondary N) is 1. The molecule has 3 rings (SSSR count). The number of carbonyl (C=O) groups excluding carboxylic acids is 1. The Morgan fingerprint density at radius 1 is 1.42 bits per heavy atom. The highest BCUT2D eigenvalue weighted by Gasteiger charge is 2.28. The predicted octanol–water partition coefficient (Wildman–Crippen LogP) is 2.60. The minimum Gasteiger partial charge on any atom is -0.443 e. The molecule has 142 valence electrons. The summed E-state index contributed by atoms with van der Waals surface area (Å²) in [5.41, 5.74) is 1.69. The molecule has 2 aromatic rings. The van der Waals surface area contributed by atoms with Crippen molar-refractivity contribution < 1.29 is 13.9 Å². The summed E-state index contributed by atoms with van der Waals surface area (Å²) in [6.07, 6.45) is 4.26. The van der Waals surface area contributed by atoms with Gasteiger partial charge >= 0.3 is 0 Å². The van der Waals surface area contributed by atoms with E-state index in [1.165, 1.54) is 6.33 Å². The van der Waals surface area contributed by atoms with Gasteiger partial charge in [-0.2, -0.15) is 0 Å². The van der Waals surface area contributed by atoms with Gasteiger partial charge in [0.2, 0.25) is 11.6 Å². The Balaban J connectivity index is 1.66. The lowest BCUT2D eigenvalue weighted by atomic mass is 9.96. The van der Waals surface area contributed by atoms with Crippen molar-refractivity contribution in [3.05, 3.63) is 17.7 Å². The van der Waals surface area contributed by atoms with Crippen LogP contribution in [0, 0.1) is 19.8 Å². The van der Waals surface area contributed by atoms with Crippen LogP contribution in [0.1, 0.15) is 37.5 Å². The highest BCUT2D eigenvalue weighted by atomic mass is 16.5. The van der Waals surface area contributed by atoms with Crippen LogP contribution in [0.25, 0.3) is 11.1 Å². The Kier molecular flexibility index (Phi) is 6.08. The summed E-state index contributed by atoms with van der Waals surface area (Å²) in [4.78, 5) is 23.4. The van der Waals surface area contributed by atoms with E-state index in [2.05, 4.69) is 20.2 Å². The zero-order valence-corrected chi connectivity index (χ0v) is 15.9. The molecule has 1 amide bonds. The Labute approximate surface area is 154 Å². The van der Waals surface area contributed by atoms with Gasteiger partial charge in [-0.3, -0.25) is 4.79 Å². The molecule has 7 nitrogen and oxygen atoms in total. The van der Waals surface area contributed by atoms with Gasteiger partial charge in [-0.25, -0.2) is 9.97 Å². The van der Waals surface area contributed by atoms with Crippen LogP contribution in [-0.4, -0.2) is 48.7 Å². The Hall–Kier alpha value is -2.15. The molecule has 2 aromatic heterocycles. The third-order valence-corrected chi connectivity index (χ3v) is 5.01. The van der Waals surface area contributed by atoms with Gasteiger partial charge in [0.1, 0.15) is 17.9 Å². The van der Waals surface area contributed by atoms with E-state index in [0.29, 0.717) is 32.0 Å². The monoisotopic (exact) mass is 360 g/mol. The first-order valence-electron chi connectivity index (χ1n) is 9.43. The smallest absolute Gasteiger partial charge is 0.231 e. The highest BCUT2D eigenvalue weighted by molar-refractivity contribution is 5.90. The molecule has 0 unspecified atom stereocenters. The third kappa shape index (κ3) is 3.98. The van der Waals surface area contributed by atoms with Crippen molar-refractivity contribution in [3.63, 3.8) is 0 Å². The molecule has 1 aliphatic heterocycles. The van der Waals surface area contributed by atoms with Crippen LogP contribution in [0.4, 0.5) is 5.82 Å². The number of anilines is 1. The van der Waals surface area contributed by atoms with E-state index in [9.17, 15) is 4.79 Å². The van der Waals surface area contributed by atoms with Crippen molar-refractivity contribution in [2.75, 3.05) is 37.7 Å². The van der Waals surface area contributed by atoms with Crippen molar-refractivity contribution in [1.29, 1.82) is 0 Å². The molecule has 26 heavy (non-hydrogen) atoms. The maximum Gasteiger partial charge on any atom is 0.231 e. The standard InChI is InChI=1S/C19H28N4O3/c1-4-25-10-6-8-20-18(24)15-7-5-9-23(11-15)17-16-13(2)14(3)26-19(16)22-12-21-17/h12,15H,4-11H2,1-3H3,(H,20,24)/t15-/m1/s1. The van der Waals surface area contributed by atoms with Gasteiger partial charge in [-0.15, -0.1) is 0 Å². The second kappa shape index (κ2) is 8.49. The van der Waals surface area contributed by atoms with E-state index in [4.69, 9.17) is 9.15 Å². The van der Waals surface area contributed by atoms with Gasteiger partial charge in [-0.1, -0.05) is 0 Å². The Morgan fingerprint density at radius 2 is 2.27 bits per heavy atom. The summed E-state index contributed by atoms with van der Waals surface area (Å²) in [5.74, 6) is 1.84. The van der Waals surface area contributed by atoms with E-state index in [0.717, 1.165) is 48.3 Å². The Bertz CT molecular complexity index is 759. The maximum atomic E-state index is 12.5. The lowest BCUT2D eigenvalue weighted by molar-refractivity contribution is -0.125. The summed E-state index contributed by atoms with van der Waals surface area (Å²) < 4.78 is 11.0. The number of amides is 1. The molecule has 0 spiro atoms. The third-order valence-electron chi connectivity index (χ3n) is 5.01. The van der Waals surface area contributed by atoms with Gasteiger partial charge in [0.05, 0.1) is 11.3 Å². The van der Waals surface area contributed by atoms with Gasteiger partial charge in [0.25, 0.3) is 0 Å². The summed E-state index contributed by atoms with van der Waals surface area (Å²) in [6, 6.07) is 0. The Morgan fingerprint density at radius 3 is 3.08 bits per heavy atom. The molecule has 0 radical (unpaired) electrons. The van der Waals surface area contributed by atoms with E-state index >= 15 is 0 Å². The molecule has 7 heteroatoms. The number of aryl methyl sites for hydroxylation is 2. The first kappa shape index (κ1) is 18.6. The molecule has 0 aliphatic carbocycles. The number of hydrogen-bond donors (Lipinski definition) is 1. The number of carbonyl (C=O) groups is 1. The van der Waals surface area contributed by atoms with Crippen LogP contribution < -0.4 is 10.2 Å². The predicted molar refractivity (Wildman–Crippen MR) is 100 cm³/mol. The number of fused-ring (bicyclic) bond motifs is 1. The maximum absolute atomic E-state index is 12.5. The first-order chi connectivity index (χ1) is 12.6. The van der Waals surface area contributed by atoms with Crippen molar-refractivity contribution in [2.45, 2.75) is 40.0 Å². The molecule has 0 saturated carbocycles. The molecular formula is C19H28N4O3. The van der Waals surface area contributed by atoms with E-state index in [1.54, 1.807) is 0 Å². The topological polar surface area (TPSA) is 80.5 Å². The molecule has 1 saturated heterocycles. The summed E-state index contributed by atoms with van der Waals surface area (Å²) in [6.45, 7) is 9.57. The summed E-state index contributed by atoms with van der Waals surface area (Å²) >= 11 is 0. The van der Waals surface area contributed by atoms with Crippen LogP contribution in [-0.2, 0) is 9.53 Å². The number of hydrogen-bond acceptors (Lipinski definition) is 6. The van der Waals surface area contributed by atoms with E-state index in [1.807, 2.05) is 20.8 Å². The minimum atomic E-state index is -0.0193. The molecule has 0 bridgehead atoms. The van der Waals surface area contributed by atoms with Crippen LogP contribution in [0.2, 0.25) is 0 Å². The van der Waals surface area contributed by atoms with E-state index in [-0.39, 0.29) is 11.8 Å². The van der Waals surface area contributed by atoms with Crippen molar-refractivity contribution in [1.82, 2.24) is 15.3 Å². The number of nitrogens with zero attached hydrogens (tertiary/aromatic N) is 3. The largest absolute Gasteiger partial charge is 0.443 e. The fourth-order valence-electron chi connectivity index (χ4n) is 3.46. The number of ether oxygens (including phenoxy) is 1. The minimum absolute atomic E-state index is 0.0193. The quantitative estimate of drug-likeness (QED) is 0.765. The lowest BCUT2D eigenvalue weighted by Crippen LogP contribution is -2.43. The lowest BCUT2D eigenvalue weighted by Gasteiger charge is -2.33. The van der Waals surface area contributed by atoms with Gasteiger partial charge < -0.3 is 19.4 Å². The second-order valence-electron chi connectivity index (χ2n) is 6.79. The fraction of sp³-hybridized carbons (Fsp3) is 0.632. The van der Waals surface area contributed by atoms with Crippen LogP contribution >= 0.6 is 0 Å². The number of furan rings is 1. The van der Waals surface area contributed by atoms with Crippen molar-refractivity contribution >= 4 is 22.8 Å². The first-order valence-corrected chi connectivity index (χ1v) is 9.43. The van der Waals surface area contributed by atoms with Gasteiger partial charge in [0, 0.05) is 38.4 Å². The number of rotatable bonds is 7. The molecular weight excluding hydrogens is 332 g/mol. The highest BCUT2D eigenvalue weighted by Crippen LogP contribution is 2.32. The number of aromatic nitrogens is 2. The SMILES string of the molecule is CCOCCCNC(=O)[C@@H]1CCCN(c2ncnc3oc(C)c(C)c23)C1. The van der Waals surface area contributed by atoms with Crippen molar-refractivity contribution in [3.8, 4) is 0 Å². The average molecular weight is 360 g/mol. The molecule has 3 heterocycles. The average Bonchev–Trinajstić information content (AvgIpc) is 2.95. The van der Waals surface area contributed by atoms with Crippen LogP contribution in [0.5, 0.6) is 0 Å². The zero-order valence-electron chi connectivity index (χ0n) is 15.9. The van der Waals surface area contributed by atoms with E-state index < -0.39 is 0 Å². The van der Waals surface area contributed by atoms with Crippen LogP contribution in [0.15, 0.2) is 10.7 Å². The van der Waals surface area contributed by atoms with Crippen molar-refractivity contribution in [2.24, 2.45) is 5.92 Å². The fourth-order valence-corrected chi connectivity index (χ4v) is 3.46. The van der Waals surface area contributed by atoms with Crippen LogP contribution in [0.3, 0.4) is 0 Å². The second-order valence-corrected chi connectivity index (χ2v) is 6.79. The molecule has 1 N–H and O–H groups in total. The molecule has 1 fully saturated rings. The molecule has 1 aliphatic rings. The molecule has 0 aromatic carbocycles. The number of piperidine rings is 1. The van der Waals surface area contributed by atoms with Gasteiger partial charge in [0.15, 0.2) is 0 Å². The zero-order chi connectivity index (χ0) is 18.5. The normalized spacial score (nSPS) is 17.7. The molecule has 1 atom stereocenters. The summed E-state index contributed by atoms with van der Waals surface area (Å²) in [7, 11) is 0.